The van der Waals surface area contributed by atoms with Gasteiger partial charge in [0.1, 0.15) is 0 Å². The standard InChI is InChI=1S/C16H27NO3/c1-4-11-7-13(14(8-11)16(19)20)15(18)17-6-5-12(9-17)10(2)3/h10-14H,4-9H2,1-3H3,(H,19,20). The Labute approximate surface area is 121 Å². The van der Waals surface area contributed by atoms with E-state index in [1.54, 1.807) is 0 Å². The Balaban J connectivity index is 2.02. The number of likely N-dealkylation sites (tertiary alicyclic amines) is 1. The molecule has 2 fully saturated rings. The van der Waals surface area contributed by atoms with Crippen LogP contribution in [0.5, 0.6) is 0 Å². The Bertz CT molecular complexity index is 380. The van der Waals surface area contributed by atoms with Crippen LogP contribution in [-0.4, -0.2) is 35.0 Å². The van der Waals surface area contributed by atoms with Gasteiger partial charge in [-0.2, -0.15) is 0 Å². The molecule has 4 nitrogen and oxygen atoms in total. The van der Waals surface area contributed by atoms with E-state index in [1.807, 2.05) is 4.90 Å². The van der Waals surface area contributed by atoms with Gasteiger partial charge in [-0.25, -0.2) is 0 Å². The second-order valence-corrected chi connectivity index (χ2v) is 6.87. The Morgan fingerprint density at radius 3 is 2.40 bits per heavy atom. The topological polar surface area (TPSA) is 57.6 Å². The molecule has 1 N–H and O–H groups in total. The molecule has 0 aromatic rings. The van der Waals surface area contributed by atoms with Gasteiger partial charge < -0.3 is 10.0 Å². The van der Waals surface area contributed by atoms with Crippen LogP contribution in [0.2, 0.25) is 0 Å². The molecule has 0 radical (unpaired) electrons. The van der Waals surface area contributed by atoms with E-state index in [4.69, 9.17) is 0 Å². The van der Waals surface area contributed by atoms with Crippen LogP contribution in [-0.2, 0) is 9.59 Å². The molecule has 1 saturated carbocycles. The Kier molecular flexibility index (Phi) is 4.71. The van der Waals surface area contributed by atoms with Crippen LogP contribution in [0.1, 0.15) is 46.5 Å². The first-order valence-corrected chi connectivity index (χ1v) is 7.95. The largest absolute Gasteiger partial charge is 0.481 e. The maximum Gasteiger partial charge on any atom is 0.307 e. The minimum atomic E-state index is -0.793. The SMILES string of the molecule is CCC1CC(C(=O)O)C(C(=O)N2CCC(C(C)C)C2)C1. The minimum absolute atomic E-state index is 0.0940. The third-order valence-corrected chi connectivity index (χ3v) is 5.35. The van der Waals surface area contributed by atoms with Crippen molar-refractivity contribution in [3.05, 3.63) is 0 Å². The first-order chi connectivity index (χ1) is 9.43. The number of hydrogen-bond donors (Lipinski definition) is 1. The van der Waals surface area contributed by atoms with Crippen molar-refractivity contribution in [2.75, 3.05) is 13.1 Å². The van der Waals surface area contributed by atoms with Crippen molar-refractivity contribution in [3.8, 4) is 0 Å². The smallest absolute Gasteiger partial charge is 0.307 e. The third kappa shape index (κ3) is 2.99. The fraction of sp³-hybridized carbons (Fsp3) is 0.875. The van der Waals surface area contributed by atoms with E-state index >= 15 is 0 Å². The molecule has 114 valence electrons. The molecule has 1 heterocycles. The number of aliphatic carboxylic acids is 1. The van der Waals surface area contributed by atoms with Crippen LogP contribution in [0.25, 0.3) is 0 Å². The number of carboxylic acids is 1. The number of amides is 1. The second-order valence-electron chi connectivity index (χ2n) is 6.87. The molecule has 1 aliphatic carbocycles. The lowest BCUT2D eigenvalue weighted by atomic mass is 9.94. The van der Waals surface area contributed by atoms with Crippen molar-refractivity contribution in [2.24, 2.45) is 29.6 Å². The molecule has 2 rings (SSSR count). The number of hydrogen-bond acceptors (Lipinski definition) is 2. The summed E-state index contributed by atoms with van der Waals surface area (Å²) in [7, 11) is 0. The fourth-order valence-electron chi connectivity index (χ4n) is 3.79. The van der Waals surface area contributed by atoms with Gasteiger partial charge in [-0.3, -0.25) is 9.59 Å². The van der Waals surface area contributed by atoms with E-state index in [1.165, 1.54) is 0 Å². The minimum Gasteiger partial charge on any atom is -0.481 e. The van der Waals surface area contributed by atoms with Gasteiger partial charge in [-0.05, 0) is 37.0 Å². The predicted molar refractivity (Wildman–Crippen MR) is 77.2 cm³/mol. The second kappa shape index (κ2) is 6.15. The molecule has 1 amide bonds. The van der Waals surface area contributed by atoms with Gasteiger partial charge in [0, 0.05) is 13.1 Å². The van der Waals surface area contributed by atoms with Gasteiger partial charge in [0.15, 0.2) is 0 Å². The maximum atomic E-state index is 12.7. The Morgan fingerprint density at radius 1 is 1.25 bits per heavy atom. The van der Waals surface area contributed by atoms with Crippen LogP contribution in [0.4, 0.5) is 0 Å². The molecule has 1 saturated heterocycles. The highest BCUT2D eigenvalue weighted by atomic mass is 16.4. The summed E-state index contributed by atoms with van der Waals surface area (Å²) in [6.45, 7) is 8.10. The number of carbonyl (C=O) groups excluding carboxylic acids is 1. The Morgan fingerprint density at radius 2 is 1.90 bits per heavy atom. The van der Waals surface area contributed by atoms with Crippen molar-refractivity contribution < 1.29 is 14.7 Å². The van der Waals surface area contributed by atoms with E-state index in [0.29, 0.717) is 24.2 Å². The lowest BCUT2D eigenvalue weighted by Gasteiger charge is -2.23. The number of carboxylic acid groups (broad SMARTS) is 1. The number of rotatable bonds is 4. The number of carbonyl (C=O) groups is 2. The average molecular weight is 281 g/mol. The monoisotopic (exact) mass is 281 g/mol. The zero-order chi connectivity index (χ0) is 14.9. The van der Waals surface area contributed by atoms with Crippen molar-refractivity contribution in [1.29, 1.82) is 0 Å². The summed E-state index contributed by atoms with van der Waals surface area (Å²) in [5, 5.41) is 9.36. The van der Waals surface area contributed by atoms with Gasteiger partial charge in [0.05, 0.1) is 11.8 Å². The summed E-state index contributed by atoms with van der Waals surface area (Å²) in [5.41, 5.74) is 0. The average Bonchev–Trinajstić information content (AvgIpc) is 3.04. The highest BCUT2D eigenvalue weighted by molar-refractivity contribution is 5.85. The third-order valence-electron chi connectivity index (χ3n) is 5.35. The number of nitrogens with zero attached hydrogens (tertiary/aromatic N) is 1. The summed E-state index contributed by atoms with van der Waals surface area (Å²) in [5.74, 6) is 0.110. The van der Waals surface area contributed by atoms with Crippen LogP contribution in [0.15, 0.2) is 0 Å². The van der Waals surface area contributed by atoms with Gasteiger partial charge in [0.25, 0.3) is 0 Å². The van der Waals surface area contributed by atoms with Crippen molar-refractivity contribution in [2.45, 2.75) is 46.5 Å². The molecule has 4 unspecified atom stereocenters. The molecule has 0 bridgehead atoms. The van der Waals surface area contributed by atoms with E-state index in [-0.39, 0.29) is 11.8 Å². The summed E-state index contributed by atoms with van der Waals surface area (Å²) >= 11 is 0. The van der Waals surface area contributed by atoms with Crippen molar-refractivity contribution in [1.82, 2.24) is 4.90 Å². The van der Waals surface area contributed by atoms with Crippen LogP contribution in [0.3, 0.4) is 0 Å². The van der Waals surface area contributed by atoms with Crippen LogP contribution >= 0.6 is 0 Å². The summed E-state index contributed by atoms with van der Waals surface area (Å²) in [6.07, 6.45) is 3.46. The molecule has 0 spiro atoms. The Hall–Kier alpha value is -1.06. The summed E-state index contributed by atoms with van der Waals surface area (Å²) in [6, 6.07) is 0. The molecule has 1 aliphatic heterocycles. The molecule has 20 heavy (non-hydrogen) atoms. The summed E-state index contributed by atoms with van der Waals surface area (Å²) < 4.78 is 0. The lowest BCUT2D eigenvalue weighted by Crippen LogP contribution is -2.38. The quantitative estimate of drug-likeness (QED) is 0.861. The lowest BCUT2D eigenvalue weighted by molar-refractivity contribution is -0.148. The molecule has 0 aromatic heterocycles. The molecular formula is C16H27NO3. The van der Waals surface area contributed by atoms with E-state index < -0.39 is 11.9 Å². The van der Waals surface area contributed by atoms with E-state index in [2.05, 4.69) is 20.8 Å². The van der Waals surface area contributed by atoms with E-state index in [9.17, 15) is 14.7 Å². The van der Waals surface area contributed by atoms with Gasteiger partial charge in [-0.1, -0.05) is 27.2 Å². The van der Waals surface area contributed by atoms with Crippen LogP contribution < -0.4 is 0 Å². The molecule has 2 aliphatic rings. The van der Waals surface area contributed by atoms with Gasteiger partial charge in [0.2, 0.25) is 5.91 Å². The highest BCUT2D eigenvalue weighted by Crippen LogP contribution is 2.40. The van der Waals surface area contributed by atoms with Gasteiger partial charge >= 0.3 is 5.97 Å². The van der Waals surface area contributed by atoms with Crippen molar-refractivity contribution in [3.63, 3.8) is 0 Å². The first-order valence-electron chi connectivity index (χ1n) is 7.95. The molecule has 0 aromatic carbocycles. The zero-order valence-corrected chi connectivity index (χ0v) is 12.8. The van der Waals surface area contributed by atoms with Crippen molar-refractivity contribution >= 4 is 11.9 Å². The molecule has 4 atom stereocenters. The normalized spacial score (nSPS) is 33.9. The molecule has 4 heteroatoms. The zero-order valence-electron chi connectivity index (χ0n) is 12.8. The van der Waals surface area contributed by atoms with Gasteiger partial charge in [-0.15, -0.1) is 0 Å². The predicted octanol–water partition coefficient (Wildman–Crippen LogP) is 2.63. The highest BCUT2D eigenvalue weighted by Gasteiger charge is 2.44. The summed E-state index contributed by atoms with van der Waals surface area (Å²) in [4.78, 5) is 26.0. The fourth-order valence-corrected chi connectivity index (χ4v) is 3.79. The van der Waals surface area contributed by atoms with E-state index in [0.717, 1.165) is 32.4 Å². The van der Waals surface area contributed by atoms with Crippen LogP contribution in [0, 0.1) is 29.6 Å². The molecular weight excluding hydrogens is 254 g/mol. The maximum absolute atomic E-state index is 12.7. The first kappa shape index (κ1) is 15.3.